The van der Waals surface area contributed by atoms with Gasteiger partial charge in [-0.3, -0.25) is 4.98 Å². The fraction of sp³-hybridized carbons (Fsp3) is 0.154. The van der Waals surface area contributed by atoms with Crippen LogP contribution >= 0.6 is 0 Å². The molecule has 3 heteroatoms. The van der Waals surface area contributed by atoms with Gasteiger partial charge in [-0.1, -0.05) is 12.1 Å². The van der Waals surface area contributed by atoms with Crippen LogP contribution in [0.15, 0.2) is 36.4 Å². The smallest absolute Gasteiger partial charge is 0.165 e. The van der Waals surface area contributed by atoms with Crippen molar-refractivity contribution in [1.82, 2.24) is 4.98 Å². The van der Waals surface area contributed by atoms with E-state index in [1.54, 1.807) is 24.3 Å². The second-order valence-corrected chi connectivity index (χ2v) is 3.57. The first-order valence-electron chi connectivity index (χ1n) is 5.03. The molecule has 16 heavy (non-hydrogen) atoms. The first-order chi connectivity index (χ1) is 7.66. The number of halogens is 1. The number of nitrogens with zero attached hydrogens (tertiary/aromatic N) is 1. The molecular weight excluding hydrogens is 205 g/mol. The van der Waals surface area contributed by atoms with Gasteiger partial charge in [-0.05, 0) is 38.1 Å². The highest BCUT2D eigenvalue weighted by Gasteiger charge is 2.06. The summed E-state index contributed by atoms with van der Waals surface area (Å²) in [5.41, 5.74) is 1.67. The van der Waals surface area contributed by atoms with Gasteiger partial charge in [0.05, 0.1) is 5.69 Å². The summed E-state index contributed by atoms with van der Waals surface area (Å²) in [4.78, 5) is 4.25. The maximum absolute atomic E-state index is 13.3. The summed E-state index contributed by atoms with van der Waals surface area (Å²) in [6.45, 7) is 3.74. The Morgan fingerprint density at radius 1 is 1.00 bits per heavy atom. The molecule has 0 radical (unpaired) electrons. The first kappa shape index (κ1) is 10.6. The van der Waals surface area contributed by atoms with Crippen molar-refractivity contribution in [2.24, 2.45) is 0 Å². The van der Waals surface area contributed by atoms with Gasteiger partial charge in [0.25, 0.3) is 0 Å². The fourth-order valence-electron chi connectivity index (χ4n) is 1.43. The van der Waals surface area contributed by atoms with E-state index in [4.69, 9.17) is 4.74 Å². The first-order valence-corrected chi connectivity index (χ1v) is 5.03. The molecule has 0 saturated heterocycles. The number of aromatic nitrogens is 1. The van der Waals surface area contributed by atoms with E-state index in [0.29, 0.717) is 5.75 Å². The lowest BCUT2D eigenvalue weighted by Gasteiger charge is -2.08. The molecule has 0 atom stereocenters. The summed E-state index contributed by atoms with van der Waals surface area (Å²) in [5.74, 6) is 0.425. The third-order valence-electron chi connectivity index (χ3n) is 2.23. The molecule has 1 aromatic carbocycles. The standard InChI is InChI=1S/C13H12FNO/c1-9-7-8-12(10(2)15-9)16-13-6-4-3-5-11(13)14/h3-8H,1-2H3. The molecule has 0 aliphatic rings. The molecule has 0 saturated carbocycles. The van der Waals surface area contributed by atoms with Crippen LogP contribution in [-0.4, -0.2) is 4.98 Å². The van der Waals surface area contributed by atoms with Crippen LogP contribution < -0.4 is 4.74 Å². The SMILES string of the molecule is Cc1ccc(Oc2ccccc2F)c(C)n1. The van der Waals surface area contributed by atoms with Gasteiger partial charge in [0.1, 0.15) is 5.75 Å². The summed E-state index contributed by atoms with van der Waals surface area (Å²) in [7, 11) is 0. The van der Waals surface area contributed by atoms with Crippen molar-refractivity contribution in [2.45, 2.75) is 13.8 Å². The zero-order valence-electron chi connectivity index (χ0n) is 9.20. The predicted octanol–water partition coefficient (Wildman–Crippen LogP) is 3.63. The third kappa shape index (κ3) is 2.19. The number of hydrogen-bond donors (Lipinski definition) is 0. The van der Waals surface area contributed by atoms with Gasteiger partial charge in [0.2, 0.25) is 0 Å². The quantitative estimate of drug-likeness (QED) is 0.766. The third-order valence-corrected chi connectivity index (χ3v) is 2.23. The van der Waals surface area contributed by atoms with Crippen LogP contribution in [0.2, 0.25) is 0 Å². The van der Waals surface area contributed by atoms with Crippen molar-refractivity contribution >= 4 is 0 Å². The normalized spacial score (nSPS) is 10.2. The molecule has 0 aliphatic carbocycles. The lowest BCUT2D eigenvalue weighted by atomic mass is 10.3. The monoisotopic (exact) mass is 217 g/mol. The van der Waals surface area contributed by atoms with E-state index in [1.807, 2.05) is 19.9 Å². The molecule has 0 unspecified atom stereocenters. The molecule has 0 aliphatic heterocycles. The minimum Gasteiger partial charge on any atom is -0.452 e. The van der Waals surface area contributed by atoms with Crippen molar-refractivity contribution in [2.75, 3.05) is 0 Å². The Kier molecular flexibility index (Phi) is 2.86. The molecule has 82 valence electrons. The second kappa shape index (κ2) is 4.31. The fourth-order valence-corrected chi connectivity index (χ4v) is 1.43. The van der Waals surface area contributed by atoms with Crippen LogP contribution in [0.25, 0.3) is 0 Å². The van der Waals surface area contributed by atoms with Crippen LogP contribution in [0.4, 0.5) is 4.39 Å². The van der Waals surface area contributed by atoms with Crippen molar-refractivity contribution in [3.63, 3.8) is 0 Å². The molecule has 2 rings (SSSR count). The number of hydrogen-bond acceptors (Lipinski definition) is 2. The highest BCUT2D eigenvalue weighted by molar-refractivity contribution is 5.34. The average molecular weight is 217 g/mol. The molecule has 0 bridgehead atoms. The van der Waals surface area contributed by atoms with Gasteiger partial charge in [0, 0.05) is 5.69 Å². The summed E-state index contributed by atoms with van der Waals surface area (Å²) in [5, 5.41) is 0. The molecule has 0 fully saturated rings. The van der Waals surface area contributed by atoms with Gasteiger partial charge < -0.3 is 4.74 Å². The minimum absolute atomic E-state index is 0.219. The number of rotatable bonds is 2. The molecule has 1 aromatic heterocycles. The summed E-state index contributed by atoms with van der Waals surface area (Å²) < 4.78 is 18.8. The van der Waals surface area contributed by atoms with Crippen molar-refractivity contribution in [3.05, 3.63) is 53.6 Å². The Morgan fingerprint density at radius 2 is 1.75 bits per heavy atom. The topological polar surface area (TPSA) is 22.1 Å². The summed E-state index contributed by atoms with van der Waals surface area (Å²) in [6, 6.07) is 9.95. The Balaban J connectivity index is 2.31. The molecule has 2 nitrogen and oxygen atoms in total. The molecular formula is C13H12FNO. The molecule has 2 aromatic rings. The number of para-hydroxylation sites is 1. The highest BCUT2D eigenvalue weighted by Crippen LogP contribution is 2.25. The van der Waals surface area contributed by atoms with Gasteiger partial charge >= 0.3 is 0 Å². The van der Waals surface area contributed by atoms with E-state index in [-0.39, 0.29) is 11.6 Å². The van der Waals surface area contributed by atoms with Crippen molar-refractivity contribution < 1.29 is 9.13 Å². The summed E-state index contributed by atoms with van der Waals surface area (Å²) in [6.07, 6.45) is 0. The largest absolute Gasteiger partial charge is 0.452 e. The average Bonchev–Trinajstić information content (AvgIpc) is 2.25. The number of aryl methyl sites for hydroxylation is 2. The Labute approximate surface area is 93.7 Å². The number of pyridine rings is 1. The second-order valence-electron chi connectivity index (χ2n) is 3.57. The Hall–Kier alpha value is -1.90. The summed E-state index contributed by atoms with van der Waals surface area (Å²) >= 11 is 0. The Morgan fingerprint density at radius 3 is 2.44 bits per heavy atom. The molecule has 0 N–H and O–H groups in total. The Bertz CT molecular complexity index is 511. The van der Waals surface area contributed by atoms with Crippen LogP contribution in [0, 0.1) is 19.7 Å². The van der Waals surface area contributed by atoms with E-state index >= 15 is 0 Å². The number of ether oxygens (including phenoxy) is 1. The number of benzene rings is 1. The lowest BCUT2D eigenvalue weighted by Crippen LogP contribution is -1.93. The highest BCUT2D eigenvalue weighted by atomic mass is 19.1. The van der Waals surface area contributed by atoms with Crippen LogP contribution in [-0.2, 0) is 0 Å². The molecule has 0 spiro atoms. The maximum atomic E-state index is 13.3. The lowest BCUT2D eigenvalue weighted by molar-refractivity contribution is 0.437. The van der Waals surface area contributed by atoms with Crippen molar-refractivity contribution in [1.29, 1.82) is 0 Å². The molecule has 1 heterocycles. The van der Waals surface area contributed by atoms with Gasteiger partial charge in [-0.15, -0.1) is 0 Å². The van der Waals surface area contributed by atoms with E-state index < -0.39 is 0 Å². The van der Waals surface area contributed by atoms with E-state index in [2.05, 4.69) is 4.98 Å². The predicted molar refractivity (Wildman–Crippen MR) is 60.2 cm³/mol. The van der Waals surface area contributed by atoms with E-state index in [9.17, 15) is 4.39 Å². The van der Waals surface area contributed by atoms with Gasteiger partial charge in [0.15, 0.2) is 11.6 Å². The molecule has 0 amide bonds. The van der Waals surface area contributed by atoms with Crippen LogP contribution in [0.1, 0.15) is 11.4 Å². The van der Waals surface area contributed by atoms with Gasteiger partial charge in [-0.25, -0.2) is 4.39 Å². The van der Waals surface area contributed by atoms with Crippen LogP contribution in [0.5, 0.6) is 11.5 Å². The van der Waals surface area contributed by atoms with Gasteiger partial charge in [-0.2, -0.15) is 0 Å². The van der Waals surface area contributed by atoms with Crippen molar-refractivity contribution in [3.8, 4) is 11.5 Å². The van der Waals surface area contributed by atoms with Crippen LogP contribution in [0.3, 0.4) is 0 Å². The zero-order valence-corrected chi connectivity index (χ0v) is 9.20. The maximum Gasteiger partial charge on any atom is 0.165 e. The zero-order chi connectivity index (χ0) is 11.5. The van der Waals surface area contributed by atoms with E-state index in [1.165, 1.54) is 6.07 Å². The van der Waals surface area contributed by atoms with E-state index in [0.717, 1.165) is 11.4 Å². The minimum atomic E-state index is -0.373.